The van der Waals surface area contributed by atoms with Gasteiger partial charge in [-0.05, 0) is 63.0 Å². The van der Waals surface area contributed by atoms with Crippen LogP contribution in [0.4, 0.5) is 13.2 Å². The van der Waals surface area contributed by atoms with Crippen molar-refractivity contribution in [2.45, 2.75) is 64.7 Å². The Morgan fingerprint density at radius 1 is 1.17 bits per heavy atom. The maximum absolute atomic E-state index is 12.9. The summed E-state index contributed by atoms with van der Waals surface area (Å²) < 4.78 is 40.6. The van der Waals surface area contributed by atoms with Crippen LogP contribution in [-0.2, 0) is 6.18 Å². The topological polar surface area (TPSA) is 55.6 Å². The Morgan fingerprint density at radius 2 is 1.91 bits per heavy atom. The van der Waals surface area contributed by atoms with Crippen molar-refractivity contribution in [3.05, 3.63) is 59.8 Å². The van der Waals surface area contributed by atoms with Crippen molar-refractivity contribution in [1.29, 1.82) is 0 Å². The molecule has 3 aromatic rings. The smallest absolute Gasteiger partial charge is 0.382 e. The lowest BCUT2D eigenvalue weighted by Gasteiger charge is -2.57. The van der Waals surface area contributed by atoms with E-state index in [-0.39, 0.29) is 0 Å². The molecule has 35 heavy (non-hydrogen) atoms. The molecular weight excluding hydrogens is 451 g/mol. The van der Waals surface area contributed by atoms with E-state index in [0.717, 1.165) is 58.9 Å². The van der Waals surface area contributed by atoms with Crippen LogP contribution in [0.2, 0.25) is 0 Å². The van der Waals surface area contributed by atoms with E-state index in [0.29, 0.717) is 17.2 Å². The molecule has 0 radical (unpaired) electrons. The summed E-state index contributed by atoms with van der Waals surface area (Å²) in [6.45, 7) is 10.3. The van der Waals surface area contributed by atoms with Gasteiger partial charge in [0.15, 0.2) is 5.69 Å². The van der Waals surface area contributed by atoms with E-state index in [1.807, 2.05) is 19.1 Å². The van der Waals surface area contributed by atoms with Gasteiger partial charge in [0, 0.05) is 28.3 Å². The molecule has 2 heterocycles. The number of benzene rings is 1. The number of rotatable bonds is 5. The van der Waals surface area contributed by atoms with Crippen molar-refractivity contribution in [2.24, 2.45) is 11.3 Å². The summed E-state index contributed by atoms with van der Waals surface area (Å²) in [4.78, 5) is 7.62. The van der Waals surface area contributed by atoms with Gasteiger partial charge in [-0.3, -0.25) is 9.67 Å². The van der Waals surface area contributed by atoms with E-state index in [1.54, 1.807) is 17.8 Å². The molecule has 8 heteroatoms. The van der Waals surface area contributed by atoms with Gasteiger partial charge in [-0.15, -0.1) is 5.92 Å². The average molecular weight is 480 g/mol. The van der Waals surface area contributed by atoms with Gasteiger partial charge in [0.1, 0.15) is 0 Å². The molecular formula is C27H28F3N5. The van der Waals surface area contributed by atoms with E-state index in [4.69, 9.17) is 0 Å². The van der Waals surface area contributed by atoms with Crippen LogP contribution in [0.3, 0.4) is 0 Å². The highest BCUT2D eigenvalue weighted by Gasteiger charge is 2.51. The number of nitrogens with zero attached hydrogens (tertiary/aromatic N) is 4. The van der Waals surface area contributed by atoms with Gasteiger partial charge >= 0.3 is 6.18 Å². The molecule has 2 aliphatic rings. The molecule has 2 aromatic heterocycles. The molecule has 1 aromatic carbocycles. The molecule has 0 bridgehead atoms. The Kier molecular flexibility index (Phi) is 5.62. The van der Waals surface area contributed by atoms with Crippen LogP contribution in [0.15, 0.2) is 37.3 Å². The summed E-state index contributed by atoms with van der Waals surface area (Å²) in [5.41, 5.74) is 3.26. The Morgan fingerprint density at radius 3 is 2.51 bits per heavy atom. The van der Waals surface area contributed by atoms with Gasteiger partial charge in [-0.1, -0.05) is 19.4 Å². The Hall–Kier alpha value is -3.34. The van der Waals surface area contributed by atoms with Crippen LogP contribution < -0.4 is 5.32 Å². The lowest BCUT2D eigenvalue weighted by molar-refractivity contribution is -0.141. The van der Waals surface area contributed by atoms with Crippen LogP contribution in [0.1, 0.15) is 75.0 Å². The van der Waals surface area contributed by atoms with Crippen LogP contribution in [0.5, 0.6) is 0 Å². The predicted octanol–water partition coefficient (Wildman–Crippen LogP) is 5.96. The van der Waals surface area contributed by atoms with Crippen molar-refractivity contribution >= 4 is 16.6 Å². The highest BCUT2D eigenvalue weighted by Crippen LogP contribution is 2.58. The third-order valence-corrected chi connectivity index (χ3v) is 7.40. The highest BCUT2D eigenvalue weighted by atomic mass is 19.4. The van der Waals surface area contributed by atoms with E-state index in [2.05, 4.69) is 45.7 Å². The van der Waals surface area contributed by atoms with Gasteiger partial charge in [-0.2, -0.15) is 18.3 Å². The summed E-state index contributed by atoms with van der Waals surface area (Å²) in [6.07, 6.45) is 4.08. The minimum atomic E-state index is -4.53. The quantitative estimate of drug-likeness (QED) is 0.459. The number of aromatic nitrogens is 4. The fraction of sp³-hybridized carbons (Fsp3) is 0.444. The van der Waals surface area contributed by atoms with E-state index >= 15 is 0 Å². The Bertz CT molecular complexity index is 1330. The number of nitrogens with one attached hydrogen (secondary N) is 1. The third-order valence-electron chi connectivity index (χ3n) is 7.40. The molecule has 1 unspecified atom stereocenters. The first-order valence-electron chi connectivity index (χ1n) is 11.9. The molecule has 0 aliphatic heterocycles. The number of alkyl halides is 3. The lowest BCUT2D eigenvalue weighted by atomic mass is 9.50. The monoisotopic (exact) mass is 479 g/mol. The third kappa shape index (κ3) is 4.18. The molecule has 0 amide bonds. The van der Waals surface area contributed by atoms with Crippen LogP contribution in [-0.4, -0.2) is 25.8 Å². The fourth-order valence-corrected chi connectivity index (χ4v) is 5.93. The summed E-state index contributed by atoms with van der Waals surface area (Å²) in [5.74, 6) is 6.89. The first-order chi connectivity index (χ1) is 16.6. The summed E-state index contributed by atoms with van der Waals surface area (Å²) in [7, 11) is 0. The molecule has 2 fully saturated rings. The molecule has 5 nitrogen and oxygen atoms in total. The Balaban J connectivity index is 1.47. The zero-order chi connectivity index (χ0) is 25.0. The van der Waals surface area contributed by atoms with Gasteiger partial charge in [-0.25, -0.2) is 4.98 Å². The second kappa shape index (κ2) is 8.40. The van der Waals surface area contributed by atoms with Crippen molar-refractivity contribution in [3.63, 3.8) is 0 Å². The molecule has 2 saturated carbocycles. The molecule has 5 rings (SSSR count). The molecule has 1 N–H and O–H groups in total. The van der Waals surface area contributed by atoms with Crippen LogP contribution in [0, 0.1) is 23.2 Å². The van der Waals surface area contributed by atoms with Gasteiger partial charge < -0.3 is 5.32 Å². The second-order valence-corrected chi connectivity index (χ2v) is 10.1. The molecule has 182 valence electrons. The first-order valence-corrected chi connectivity index (χ1v) is 11.9. The summed E-state index contributed by atoms with van der Waals surface area (Å²) in [6, 6.07) is 3.91. The molecule has 1 spiro atoms. The maximum atomic E-state index is 12.9. The maximum Gasteiger partial charge on any atom is 0.434 e. The molecule has 2 aliphatic carbocycles. The minimum absolute atomic E-state index is 0.388. The predicted molar refractivity (Wildman–Crippen MR) is 129 cm³/mol. The average Bonchev–Trinajstić information content (AvgIpc) is 3.21. The van der Waals surface area contributed by atoms with Gasteiger partial charge in [0.05, 0.1) is 35.8 Å². The number of fused-ring (bicyclic) bond motifs is 1. The van der Waals surface area contributed by atoms with Crippen molar-refractivity contribution in [3.8, 4) is 11.8 Å². The van der Waals surface area contributed by atoms with E-state index in [9.17, 15) is 13.2 Å². The molecule has 0 saturated heterocycles. The van der Waals surface area contributed by atoms with Crippen LogP contribution >= 0.6 is 0 Å². The lowest BCUT2D eigenvalue weighted by Crippen LogP contribution is -2.54. The van der Waals surface area contributed by atoms with Crippen molar-refractivity contribution in [1.82, 2.24) is 25.1 Å². The highest BCUT2D eigenvalue weighted by molar-refractivity contribution is 5.94. The van der Waals surface area contributed by atoms with Crippen LogP contribution in [0.25, 0.3) is 16.6 Å². The van der Waals surface area contributed by atoms with Gasteiger partial charge in [0.25, 0.3) is 0 Å². The number of halogens is 3. The van der Waals surface area contributed by atoms with Crippen molar-refractivity contribution < 1.29 is 13.2 Å². The Labute approximate surface area is 202 Å². The zero-order valence-corrected chi connectivity index (χ0v) is 20.1. The number of hydrogen-bond acceptors (Lipinski definition) is 4. The number of hydrogen-bond donors (Lipinski definition) is 1. The van der Waals surface area contributed by atoms with E-state index in [1.165, 1.54) is 12.8 Å². The summed E-state index contributed by atoms with van der Waals surface area (Å²) in [5, 5.41) is 9.06. The fourth-order valence-electron chi connectivity index (χ4n) is 5.93. The van der Waals surface area contributed by atoms with Gasteiger partial charge in [0.2, 0.25) is 0 Å². The minimum Gasteiger partial charge on any atom is -0.382 e. The zero-order valence-electron chi connectivity index (χ0n) is 20.1. The molecule has 1 atom stereocenters. The second-order valence-electron chi connectivity index (χ2n) is 10.1. The SMILES string of the molecule is C=C(NC1CC2(CC(C)C2)C1)c1ccc(C#CC)c2cnn(C(C)c3cnc(C(F)(F)F)cn3)c12. The summed E-state index contributed by atoms with van der Waals surface area (Å²) >= 11 is 0. The van der Waals surface area contributed by atoms with Crippen molar-refractivity contribution in [2.75, 3.05) is 0 Å². The first kappa shape index (κ1) is 23.4. The standard InChI is InChI=1S/C27H28F3N5/c1-5-6-19-7-8-21(17(3)34-20-11-26(12-20)9-16(2)10-26)25-22(19)13-33-35(25)18(4)23-14-32-24(15-31-23)27(28,29)30/h7-8,13-16,18,20,34H,3,9-12H2,1-2,4H3. The van der Waals surface area contributed by atoms with E-state index < -0.39 is 17.9 Å². The normalized spacial score (nSPS) is 24.3. The largest absolute Gasteiger partial charge is 0.434 e.